The van der Waals surface area contributed by atoms with Crippen LogP contribution in [0.5, 0.6) is 0 Å². The predicted octanol–water partition coefficient (Wildman–Crippen LogP) is 2.70. The van der Waals surface area contributed by atoms with Crippen molar-refractivity contribution in [1.29, 1.82) is 0 Å². The summed E-state index contributed by atoms with van der Waals surface area (Å²) in [6, 6.07) is 5.32. The lowest BCUT2D eigenvalue weighted by Gasteiger charge is -2.28. The zero-order valence-corrected chi connectivity index (χ0v) is 9.96. The SMILES string of the molecule is C[C@@H](NC1CCC(O)CC1)c1cccs1. The number of aliphatic hydroxyl groups excluding tert-OH is 1. The minimum absolute atomic E-state index is 0.0555. The minimum atomic E-state index is -0.0555. The number of nitrogens with one attached hydrogen (secondary N) is 1. The summed E-state index contributed by atoms with van der Waals surface area (Å²) < 4.78 is 0. The zero-order valence-electron chi connectivity index (χ0n) is 9.15. The summed E-state index contributed by atoms with van der Waals surface area (Å²) in [5, 5.41) is 15.2. The first kappa shape index (κ1) is 11.1. The average Bonchev–Trinajstić information content (AvgIpc) is 2.74. The first-order valence-corrected chi connectivity index (χ1v) is 6.61. The van der Waals surface area contributed by atoms with Gasteiger partial charge in [0.1, 0.15) is 0 Å². The normalized spacial score (nSPS) is 28.9. The van der Waals surface area contributed by atoms with Gasteiger partial charge in [-0.2, -0.15) is 0 Å². The molecule has 0 aromatic carbocycles. The van der Waals surface area contributed by atoms with Crippen LogP contribution in [-0.2, 0) is 0 Å². The molecule has 0 saturated heterocycles. The van der Waals surface area contributed by atoms with E-state index in [0.717, 1.165) is 25.7 Å². The fourth-order valence-corrected chi connectivity index (χ4v) is 2.96. The minimum Gasteiger partial charge on any atom is -0.393 e. The highest BCUT2D eigenvalue weighted by Crippen LogP contribution is 2.23. The molecule has 0 spiro atoms. The van der Waals surface area contributed by atoms with Crippen molar-refractivity contribution >= 4 is 11.3 Å². The van der Waals surface area contributed by atoms with Crippen molar-refractivity contribution in [2.24, 2.45) is 0 Å². The van der Waals surface area contributed by atoms with E-state index in [1.54, 1.807) is 0 Å². The highest BCUT2D eigenvalue weighted by molar-refractivity contribution is 7.10. The number of hydrogen-bond acceptors (Lipinski definition) is 3. The molecule has 1 heterocycles. The zero-order chi connectivity index (χ0) is 10.7. The van der Waals surface area contributed by atoms with Crippen molar-refractivity contribution < 1.29 is 5.11 Å². The summed E-state index contributed by atoms with van der Waals surface area (Å²) in [6.45, 7) is 2.22. The molecular formula is C12H19NOS. The molecule has 2 nitrogen and oxygen atoms in total. The summed E-state index contributed by atoms with van der Waals surface area (Å²) in [6.07, 6.45) is 4.07. The van der Waals surface area contributed by atoms with Crippen LogP contribution < -0.4 is 5.32 Å². The largest absolute Gasteiger partial charge is 0.393 e. The van der Waals surface area contributed by atoms with Crippen LogP contribution >= 0.6 is 11.3 Å². The van der Waals surface area contributed by atoms with E-state index >= 15 is 0 Å². The molecule has 84 valence electrons. The molecular weight excluding hydrogens is 206 g/mol. The Balaban J connectivity index is 1.82. The maximum absolute atomic E-state index is 9.42. The molecule has 2 rings (SSSR count). The summed E-state index contributed by atoms with van der Waals surface area (Å²) in [5.41, 5.74) is 0. The third-order valence-electron chi connectivity index (χ3n) is 3.15. The van der Waals surface area contributed by atoms with E-state index in [2.05, 4.69) is 29.8 Å². The molecule has 2 N–H and O–H groups in total. The topological polar surface area (TPSA) is 32.3 Å². The van der Waals surface area contributed by atoms with E-state index in [1.807, 2.05) is 11.3 Å². The molecule has 15 heavy (non-hydrogen) atoms. The molecule has 1 aliphatic rings. The molecule has 1 saturated carbocycles. The molecule has 1 fully saturated rings. The van der Waals surface area contributed by atoms with Crippen LogP contribution in [0.15, 0.2) is 17.5 Å². The lowest BCUT2D eigenvalue weighted by molar-refractivity contribution is 0.114. The molecule has 0 aliphatic heterocycles. The Hall–Kier alpha value is -0.380. The van der Waals surface area contributed by atoms with Gasteiger partial charge in [0.25, 0.3) is 0 Å². The van der Waals surface area contributed by atoms with Gasteiger partial charge in [-0.1, -0.05) is 6.07 Å². The van der Waals surface area contributed by atoms with Gasteiger partial charge in [-0.15, -0.1) is 11.3 Å². The Morgan fingerprint density at radius 2 is 2.13 bits per heavy atom. The van der Waals surface area contributed by atoms with Gasteiger partial charge < -0.3 is 10.4 Å². The second-order valence-corrected chi connectivity index (χ2v) is 5.39. The fourth-order valence-electron chi connectivity index (χ4n) is 2.22. The van der Waals surface area contributed by atoms with Gasteiger partial charge >= 0.3 is 0 Å². The van der Waals surface area contributed by atoms with Gasteiger partial charge in [0.05, 0.1) is 6.10 Å². The highest BCUT2D eigenvalue weighted by Gasteiger charge is 2.20. The molecule has 1 atom stereocenters. The van der Waals surface area contributed by atoms with E-state index in [1.165, 1.54) is 4.88 Å². The van der Waals surface area contributed by atoms with Crippen molar-refractivity contribution in [3.8, 4) is 0 Å². The standard InChI is InChI=1S/C12H19NOS/c1-9(12-3-2-8-15-12)13-10-4-6-11(14)7-5-10/h2-3,8-11,13-14H,4-7H2,1H3/t9-,10?,11?/m1/s1. The van der Waals surface area contributed by atoms with Crippen LogP contribution in [0.3, 0.4) is 0 Å². The molecule has 1 aromatic rings. The third kappa shape index (κ3) is 3.03. The lowest BCUT2D eigenvalue weighted by Crippen LogP contribution is -2.35. The second kappa shape index (κ2) is 5.10. The third-order valence-corrected chi connectivity index (χ3v) is 4.21. The smallest absolute Gasteiger partial charge is 0.0541 e. The summed E-state index contributed by atoms with van der Waals surface area (Å²) in [5.74, 6) is 0. The van der Waals surface area contributed by atoms with Crippen LogP contribution in [0.25, 0.3) is 0 Å². The first-order valence-electron chi connectivity index (χ1n) is 5.73. The van der Waals surface area contributed by atoms with Gasteiger partial charge in [0.2, 0.25) is 0 Å². The number of thiophene rings is 1. The molecule has 0 unspecified atom stereocenters. The van der Waals surface area contributed by atoms with Crippen LogP contribution in [0.2, 0.25) is 0 Å². The number of aliphatic hydroxyl groups is 1. The molecule has 0 radical (unpaired) electrons. The van der Waals surface area contributed by atoms with Gasteiger partial charge in [-0.05, 0) is 44.1 Å². The van der Waals surface area contributed by atoms with E-state index in [-0.39, 0.29) is 6.10 Å². The van der Waals surface area contributed by atoms with Crippen LogP contribution in [0.4, 0.5) is 0 Å². The molecule has 1 aromatic heterocycles. The molecule has 3 heteroatoms. The fraction of sp³-hybridized carbons (Fsp3) is 0.667. The van der Waals surface area contributed by atoms with E-state index in [9.17, 15) is 5.11 Å². The predicted molar refractivity (Wildman–Crippen MR) is 64.1 cm³/mol. The van der Waals surface area contributed by atoms with Crippen LogP contribution in [-0.4, -0.2) is 17.3 Å². The van der Waals surface area contributed by atoms with Crippen molar-refractivity contribution in [3.63, 3.8) is 0 Å². The summed E-state index contributed by atoms with van der Waals surface area (Å²) in [4.78, 5) is 1.40. The Kier molecular flexibility index (Phi) is 3.78. The maximum atomic E-state index is 9.42. The Morgan fingerprint density at radius 3 is 2.73 bits per heavy atom. The van der Waals surface area contributed by atoms with Crippen molar-refractivity contribution in [2.45, 2.75) is 50.8 Å². The van der Waals surface area contributed by atoms with Gasteiger partial charge in [0.15, 0.2) is 0 Å². The average molecular weight is 225 g/mol. The van der Waals surface area contributed by atoms with Crippen molar-refractivity contribution in [1.82, 2.24) is 5.32 Å². The van der Waals surface area contributed by atoms with E-state index in [0.29, 0.717) is 12.1 Å². The quantitative estimate of drug-likeness (QED) is 0.829. The maximum Gasteiger partial charge on any atom is 0.0541 e. The first-order chi connectivity index (χ1) is 7.25. The van der Waals surface area contributed by atoms with Crippen molar-refractivity contribution in [2.75, 3.05) is 0 Å². The Bertz CT molecular complexity index is 278. The lowest BCUT2D eigenvalue weighted by atomic mass is 9.92. The Morgan fingerprint density at radius 1 is 1.40 bits per heavy atom. The molecule has 0 amide bonds. The molecule has 0 bridgehead atoms. The number of rotatable bonds is 3. The van der Waals surface area contributed by atoms with Gasteiger partial charge in [0, 0.05) is 17.0 Å². The van der Waals surface area contributed by atoms with E-state index < -0.39 is 0 Å². The summed E-state index contributed by atoms with van der Waals surface area (Å²) >= 11 is 1.81. The van der Waals surface area contributed by atoms with Gasteiger partial charge in [-0.3, -0.25) is 0 Å². The second-order valence-electron chi connectivity index (χ2n) is 4.41. The monoisotopic (exact) mass is 225 g/mol. The van der Waals surface area contributed by atoms with Crippen molar-refractivity contribution in [3.05, 3.63) is 22.4 Å². The summed E-state index contributed by atoms with van der Waals surface area (Å²) in [7, 11) is 0. The Labute approximate surface area is 95.3 Å². The van der Waals surface area contributed by atoms with Crippen LogP contribution in [0.1, 0.15) is 43.5 Å². The van der Waals surface area contributed by atoms with Crippen LogP contribution in [0, 0.1) is 0 Å². The molecule has 1 aliphatic carbocycles. The van der Waals surface area contributed by atoms with E-state index in [4.69, 9.17) is 0 Å². The number of hydrogen-bond donors (Lipinski definition) is 2. The van der Waals surface area contributed by atoms with Gasteiger partial charge in [-0.25, -0.2) is 0 Å². The highest BCUT2D eigenvalue weighted by atomic mass is 32.1.